The summed E-state index contributed by atoms with van der Waals surface area (Å²) < 4.78 is 0. The van der Waals surface area contributed by atoms with E-state index >= 15 is 0 Å². The average Bonchev–Trinajstić information content (AvgIpc) is 2.84. The molecule has 0 aliphatic rings. The monoisotopic (exact) mass is 270 g/mol. The van der Waals surface area contributed by atoms with Crippen LogP contribution in [-0.2, 0) is 0 Å². The lowest BCUT2D eigenvalue weighted by Crippen LogP contribution is -2.45. The van der Waals surface area contributed by atoms with Crippen LogP contribution in [0.3, 0.4) is 0 Å². The normalized spacial score (nSPS) is 15.6. The quantitative estimate of drug-likeness (QED) is 0.522. The molecule has 2 unspecified atom stereocenters. The Morgan fingerprint density at radius 1 is 1.74 bits per heavy atom. The van der Waals surface area contributed by atoms with Gasteiger partial charge in [-0.3, -0.25) is 20.0 Å². The van der Waals surface area contributed by atoms with E-state index in [2.05, 4.69) is 15.5 Å². The van der Waals surface area contributed by atoms with E-state index in [-0.39, 0.29) is 23.8 Å². The lowest BCUT2D eigenvalue weighted by atomic mass is 9.88. The number of carbonyl (C=O) groups excluding carboxylic acids is 1. The fraction of sp³-hybridized carbons (Fsp3) is 0.636. The summed E-state index contributed by atoms with van der Waals surface area (Å²) in [6.45, 7) is 5.42. The molecule has 106 valence electrons. The minimum absolute atomic E-state index is 0.00967. The summed E-state index contributed by atoms with van der Waals surface area (Å²) in [4.78, 5) is 21.8. The van der Waals surface area contributed by atoms with Gasteiger partial charge in [0.05, 0.1) is 10.5 Å². The number of aliphatic hydroxyl groups is 1. The van der Waals surface area contributed by atoms with Gasteiger partial charge in [-0.15, -0.1) is 0 Å². The number of rotatable bonds is 6. The van der Waals surface area contributed by atoms with E-state index in [1.54, 1.807) is 6.92 Å². The van der Waals surface area contributed by atoms with Gasteiger partial charge in [-0.1, -0.05) is 20.3 Å². The van der Waals surface area contributed by atoms with Crippen molar-refractivity contribution in [2.45, 2.75) is 32.8 Å². The van der Waals surface area contributed by atoms with Crippen molar-refractivity contribution in [2.24, 2.45) is 5.92 Å². The lowest BCUT2D eigenvalue weighted by molar-refractivity contribution is -0.385. The Balaban J connectivity index is 2.71. The number of carbonyl (C=O) groups is 1. The second-order valence-electron chi connectivity index (χ2n) is 4.74. The third kappa shape index (κ3) is 3.50. The van der Waals surface area contributed by atoms with Crippen LogP contribution >= 0.6 is 0 Å². The number of nitrogens with zero attached hydrogens (tertiary/aromatic N) is 2. The maximum atomic E-state index is 11.8. The van der Waals surface area contributed by atoms with Crippen LogP contribution in [0, 0.1) is 16.0 Å². The Morgan fingerprint density at radius 2 is 2.37 bits per heavy atom. The highest BCUT2D eigenvalue weighted by atomic mass is 16.6. The largest absolute Gasteiger partial charge is 0.388 e. The molecule has 1 aromatic rings. The van der Waals surface area contributed by atoms with Gasteiger partial charge < -0.3 is 10.4 Å². The van der Waals surface area contributed by atoms with Crippen molar-refractivity contribution in [1.82, 2.24) is 15.5 Å². The van der Waals surface area contributed by atoms with Crippen LogP contribution in [0.1, 0.15) is 37.7 Å². The number of H-pyrrole nitrogens is 1. The molecule has 0 aliphatic carbocycles. The van der Waals surface area contributed by atoms with Crippen molar-refractivity contribution in [1.29, 1.82) is 0 Å². The third-order valence-electron chi connectivity index (χ3n) is 3.32. The minimum atomic E-state index is -1.07. The number of nitrogens with one attached hydrogen (secondary N) is 2. The first-order valence-electron chi connectivity index (χ1n) is 5.98. The predicted octanol–water partition coefficient (Wildman–Crippen LogP) is 0.845. The Kier molecular flexibility index (Phi) is 4.60. The van der Waals surface area contributed by atoms with Crippen molar-refractivity contribution in [3.8, 4) is 0 Å². The molecule has 1 aromatic heterocycles. The van der Waals surface area contributed by atoms with E-state index in [1.165, 1.54) is 0 Å². The molecule has 19 heavy (non-hydrogen) atoms. The average molecular weight is 270 g/mol. The molecule has 0 saturated carbocycles. The first-order valence-corrected chi connectivity index (χ1v) is 5.98. The predicted molar refractivity (Wildman–Crippen MR) is 67.7 cm³/mol. The molecule has 0 aliphatic heterocycles. The Labute approximate surface area is 110 Å². The van der Waals surface area contributed by atoms with Gasteiger partial charge in [0.2, 0.25) is 5.69 Å². The molecule has 0 bridgehead atoms. The Hall–Kier alpha value is -1.96. The van der Waals surface area contributed by atoms with E-state index < -0.39 is 16.4 Å². The standard InChI is InChI=1S/C11H18N4O4/c1-4-7(2)11(3,17)6-12-10(16)9-8(15(18)19)5-13-14-9/h5,7,17H,4,6H2,1-3H3,(H,12,16)(H,13,14). The molecule has 1 rings (SSSR count). The molecule has 0 saturated heterocycles. The van der Waals surface area contributed by atoms with E-state index in [1.807, 2.05) is 13.8 Å². The van der Waals surface area contributed by atoms with Crippen LogP contribution in [0.25, 0.3) is 0 Å². The second-order valence-corrected chi connectivity index (χ2v) is 4.74. The van der Waals surface area contributed by atoms with Crippen LogP contribution in [0.2, 0.25) is 0 Å². The number of amides is 1. The molecule has 0 fully saturated rings. The van der Waals surface area contributed by atoms with E-state index in [0.717, 1.165) is 12.6 Å². The van der Waals surface area contributed by atoms with Crippen molar-refractivity contribution in [2.75, 3.05) is 6.54 Å². The van der Waals surface area contributed by atoms with Gasteiger partial charge in [-0.25, -0.2) is 0 Å². The maximum Gasteiger partial charge on any atom is 0.319 e. The Morgan fingerprint density at radius 3 is 2.89 bits per heavy atom. The summed E-state index contributed by atoms with van der Waals surface area (Å²) in [7, 11) is 0. The molecule has 0 aromatic carbocycles. The molecule has 1 amide bonds. The number of aromatic amines is 1. The topological polar surface area (TPSA) is 121 Å². The van der Waals surface area contributed by atoms with Gasteiger partial charge in [-0.2, -0.15) is 5.10 Å². The maximum absolute atomic E-state index is 11.8. The molecule has 3 N–H and O–H groups in total. The van der Waals surface area contributed by atoms with Crippen molar-refractivity contribution in [3.63, 3.8) is 0 Å². The van der Waals surface area contributed by atoms with E-state index in [0.29, 0.717) is 0 Å². The van der Waals surface area contributed by atoms with E-state index in [4.69, 9.17) is 0 Å². The van der Waals surface area contributed by atoms with Crippen molar-refractivity contribution >= 4 is 11.6 Å². The number of nitro groups is 1. The second kappa shape index (κ2) is 5.79. The summed E-state index contributed by atoms with van der Waals surface area (Å²) in [6, 6.07) is 0. The molecule has 0 spiro atoms. The van der Waals surface area contributed by atoms with Crippen LogP contribution in [0.4, 0.5) is 5.69 Å². The SMILES string of the molecule is CCC(C)C(C)(O)CNC(=O)c1[nH]ncc1[N+](=O)[O-]. The van der Waals surface area contributed by atoms with Crippen LogP contribution in [0.15, 0.2) is 6.20 Å². The smallest absolute Gasteiger partial charge is 0.319 e. The van der Waals surface area contributed by atoms with Crippen LogP contribution in [-0.4, -0.2) is 38.3 Å². The summed E-state index contributed by atoms with van der Waals surface area (Å²) >= 11 is 0. The summed E-state index contributed by atoms with van der Waals surface area (Å²) in [5, 5.41) is 29.0. The zero-order chi connectivity index (χ0) is 14.6. The van der Waals surface area contributed by atoms with E-state index in [9.17, 15) is 20.0 Å². The number of hydrogen-bond donors (Lipinski definition) is 3. The third-order valence-corrected chi connectivity index (χ3v) is 3.32. The fourth-order valence-corrected chi connectivity index (χ4v) is 1.55. The molecular formula is C11H18N4O4. The van der Waals surface area contributed by atoms with Crippen LogP contribution < -0.4 is 5.32 Å². The zero-order valence-electron chi connectivity index (χ0n) is 11.1. The highest BCUT2D eigenvalue weighted by molar-refractivity contribution is 5.95. The van der Waals surface area contributed by atoms with Gasteiger partial charge in [0.15, 0.2) is 0 Å². The van der Waals surface area contributed by atoms with Gasteiger partial charge in [0.1, 0.15) is 6.20 Å². The van der Waals surface area contributed by atoms with Gasteiger partial charge in [0, 0.05) is 6.54 Å². The van der Waals surface area contributed by atoms with Gasteiger partial charge in [-0.05, 0) is 12.8 Å². The highest BCUT2D eigenvalue weighted by Gasteiger charge is 2.29. The van der Waals surface area contributed by atoms with Gasteiger partial charge >= 0.3 is 5.69 Å². The number of hydrogen-bond acceptors (Lipinski definition) is 5. The first kappa shape index (κ1) is 15.1. The number of aromatic nitrogens is 2. The first-order chi connectivity index (χ1) is 8.79. The molecule has 8 nitrogen and oxygen atoms in total. The molecule has 8 heteroatoms. The minimum Gasteiger partial charge on any atom is -0.388 e. The summed E-state index contributed by atoms with van der Waals surface area (Å²) in [5.41, 5.74) is -1.68. The molecule has 2 atom stereocenters. The summed E-state index contributed by atoms with van der Waals surface area (Å²) in [6.07, 6.45) is 1.73. The van der Waals surface area contributed by atoms with Crippen molar-refractivity contribution in [3.05, 3.63) is 22.0 Å². The Bertz CT molecular complexity index is 469. The van der Waals surface area contributed by atoms with Crippen molar-refractivity contribution < 1.29 is 14.8 Å². The lowest BCUT2D eigenvalue weighted by Gasteiger charge is -2.29. The molecule has 1 heterocycles. The fourth-order valence-electron chi connectivity index (χ4n) is 1.55. The zero-order valence-corrected chi connectivity index (χ0v) is 11.1. The summed E-state index contributed by atoms with van der Waals surface area (Å²) in [5.74, 6) is -0.669. The van der Waals surface area contributed by atoms with Gasteiger partial charge in [0.25, 0.3) is 5.91 Å². The molecular weight excluding hydrogens is 252 g/mol. The highest BCUT2D eigenvalue weighted by Crippen LogP contribution is 2.19. The molecule has 0 radical (unpaired) electrons. The van der Waals surface area contributed by atoms with Crippen LogP contribution in [0.5, 0.6) is 0 Å².